The van der Waals surface area contributed by atoms with Crippen molar-refractivity contribution in [1.29, 1.82) is 0 Å². The van der Waals surface area contributed by atoms with Crippen LogP contribution in [0.15, 0.2) is 53.6 Å². The van der Waals surface area contributed by atoms with E-state index in [-0.39, 0.29) is 17.8 Å². The third kappa shape index (κ3) is 4.68. The molecular weight excluding hydrogens is 385 g/mol. The summed E-state index contributed by atoms with van der Waals surface area (Å²) in [7, 11) is 0. The van der Waals surface area contributed by atoms with Crippen LogP contribution in [0.3, 0.4) is 0 Å². The summed E-state index contributed by atoms with van der Waals surface area (Å²) >= 11 is 0. The van der Waals surface area contributed by atoms with Crippen LogP contribution in [0.5, 0.6) is 5.75 Å². The molecule has 2 aliphatic rings. The highest BCUT2D eigenvalue weighted by Crippen LogP contribution is 2.33. The largest absolute Gasteiger partial charge is 0.494 e. The molecule has 0 radical (unpaired) electrons. The third-order valence-electron chi connectivity index (χ3n) is 5.38. The molecule has 2 aromatic rings. The van der Waals surface area contributed by atoms with E-state index in [1.54, 1.807) is 17.1 Å². The number of hydrazone groups is 1. The number of carbonyl (C=O) groups excluding carboxylic acids is 1. The Balaban J connectivity index is 1.58. The normalized spacial score (nSPS) is 19.6. The Bertz CT molecular complexity index is 893. The van der Waals surface area contributed by atoms with Gasteiger partial charge in [0.1, 0.15) is 11.6 Å². The topological polar surface area (TPSA) is 54.4 Å². The quantitative estimate of drug-likeness (QED) is 0.732. The number of hydrogen-bond acceptors (Lipinski definition) is 5. The SMILES string of the molecule is CCOc1ccc(C2CC(c3ccc(F)cc3)=NN2C(=O)CN2CCOCC2)cc1. The Morgan fingerprint density at radius 2 is 1.83 bits per heavy atom. The van der Waals surface area contributed by atoms with Crippen molar-refractivity contribution in [1.82, 2.24) is 9.91 Å². The van der Waals surface area contributed by atoms with Crippen LogP contribution in [0.4, 0.5) is 4.39 Å². The van der Waals surface area contributed by atoms with Crippen molar-refractivity contribution >= 4 is 11.6 Å². The van der Waals surface area contributed by atoms with Crippen LogP contribution >= 0.6 is 0 Å². The van der Waals surface area contributed by atoms with E-state index in [1.807, 2.05) is 31.2 Å². The van der Waals surface area contributed by atoms with Gasteiger partial charge in [-0.2, -0.15) is 5.10 Å². The molecule has 0 aliphatic carbocycles. The van der Waals surface area contributed by atoms with Crippen LogP contribution in [0.25, 0.3) is 0 Å². The van der Waals surface area contributed by atoms with E-state index in [9.17, 15) is 9.18 Å². The lowest BCUT2D eigenvalue weighted by atomic mass is 9.98. The number of hydrogen-bond donors (Lipinski definition) is 0. The number of halogens is 1. The minimum atomic E-state index is -0.291. The van der Waals surface area contributed by atoms with E-state index in [4.69, 9.17) is 9.47 Å². The summed E-state index contributed by atoms with van der Waals surface area (Å²) in [5.41, 5.74) is 2.60. The smallest absolute Gasteiger partial charge is 0.257 e. The molecule has 1 unspecified atom stereocenters. The van der Waals surface area contributed by atoms with Gasteiger partial charge in [0.05, 0.1) is 38.1 Å². The van der Waals surface area contributed by atoms with Gasteiger partial charge in [0.2, 0.25) is 0 Å². The number of carbonyl (C=O) groups is 1. The molecule has 2 aromatic carbocycles. The Hall–Kier alpha value is -2.77. The highest BCUT2D eigenvalue weighted by atomic mass is 19.1. The van der Waals surface area contributed by atoms with Gasteiger partial charge in [0, 0.05) is 19.5 Å². The maximum atomic E-state index is 13.3. The van der Waals surface area contributed by atoms with Crippen molar-refractivity contribution < 1.29 is 18.7 Å². The van der Waals surface area contributed by atoms with Gasteiger partial charge >= 0.3 is 0 Å². The predicted molar refractivity (Wildman–Crippen MR) is 112 cm³/mol. The Labute approximate surface area is 175 Å². The van der Waals surface area contributed by atoms with Crippen molar-refractivity contribution in [3.05, 3.63) is 65.5 Å². The van der Waals surface area contributed by atoms with E-state index >= 15 is 0 Å². The van der Waals surface area contributed by atoms with Crippen molar-refractivity contribution in [3.63, 3.8) is 0 Å². The molecule has 4 rings (SSSR count). The van der Waals surface area contributed by atoms with Crippen LogP contribution in [0.2, 0.25) is 0 Å². The van der Waals surface area contributed by atoms with Gasteiger partial charge in [-0.05, 0) is 42.3 Å². The van der Waals surface area contributed by atoms with Gasteiger partial charge in [-0.3, -0.25) is 9.69 Å². The molecule has 1 atom stereocenters. The fourth-order valence-electron chi connectivity index (χ4n) is 3.79. The summed E-state index contributed by atoms with van der Waals surface area (Å²) in [6.07, 6.45) is 0.578. The molecule has 6 nitrogen and oxygen atoms in total. The first-order valence-corrected chi connectivity index (χ1v) is 10.3. The summed E-state index contributed by atoms with van der Waals surface area (Å²) < 4.78 is 24.3. The van der Waals surface area contributed by atoms with Crippen LogP contribution in [-0.2, 0) is 9.53 Å². The second-order valence-electron chi connectivity index (χ2n) is 7.40. The average Bonchev–Trinajstić information content (AvgIpc) is 3.21. The summed E-state index contributed by atoms with van der Waals surface area (Å²) in [5.74, 6) is 0.457. The number of ether oxygens (including phenoxy) is 2. The van der Waals surface area contributed by atoms with Crippen LogP contribution in [-0.4, -0.2) is 61.0 Å². The molecule has 0 bridgehead atoms. The summed E-state index contributed by atoms with van der Waals surface area (Å²) in [6, 6.07) is 13.8. The number of rotatable bonds is 6. The molecule has 7 heteroatoms. The van der Waals surface area contributed by atoms with Gasteiger partial charge < -0.3 is 9.47 Å². The first-order chi connectivity index (χ1) is 14.6. The van der Waals surface area contributed by atoms with Gasteiger partial charge in [-0.25, -0.2) is 9.40 Å². The first kappa shape index (κ1) is 20.5. The van der Waals surface area contributed by atoms with Crippen LogP contribution < -0.4 is 4.74 Å². The van der Waals surface area contributed by atoms with Crippen LogP contribution in [0, 0.1) is 5.82 Å². The lowest BCUT2D eigenvalue weighted by Gasteiger charge is -2.29. The molecule has 2 aliphatic heterocycles. The maximum Gasteiger partial charge on any atom is 0.257 e. The predicted octanol–water partition coefficient (Wildman–Crippen LogP) is 3.23. The Kier molecular flexibility index (Phi) is 6.40. The second kappa shape index (κ2) is 9.36. The van der Waals surface area contributed by atoms with Crippen LogP contribution in [0.1, 0.15) is 30.5 Å². The number of nitrogens with zero attached hydrogens (tertiary/aromatic N) is 3. The molecule has 1 amide bonds. The molecule has 0 spiro atoms. The Morgan fingerprint density at radius 1 is 1.13 bits per heavy atom. The zero-order valence-corrected chi connectivity index (χ0v) is 17.1. The van der Waals surface area contributed by atoms with Crippen molar-refractivity contribution in [3.8, 4) is 5.75 Å². The fourth-order valence-corrected chi connectivity index (χ4v) is 3.79. The Morgan fingerprint density at radius 3 is 2.50 bits per heavy atom. The third-order valence-corrected chi connectivity index (χ3v) is 5.38. The minimum absolute atomic E-state index is 0.0482. The maximum absolute atomic E-state index is 13.3. The molecule has 1 fully saturated rings. The lowest BCUT2D eigenvalue weighted by molar-refractivity contribution is -0.135. The average molecular weight is 411 g/mol. The molecule has 2 heterocycles. The lowest BCUT2D eigenvalue weighted by Crippen LogP contribution is -2.43. The molecule has 30 heavy (non-hydrogen) atoms. The fraction of sp³-hybridized carbons (Fsp3) is 0.391. The zero-order chi connectivity index (χ0) is 20.9. The molecule has 0 N–H and O–H groups in total. The van der Waals surface area contributed by atoms with Crippen molar-refractivity contribution in [2.75, 3.05) is 39.5 Å². The number of amides is 1. The first-order valence-electron chi connectivity index (χ1n) is 10.3. The summed E-state index contributed by atoms with van der Waals surface area (Å²) in [4.78, 5) is 15.2. The van der Waals surface area contributed by atoms with E-state index < -0.39 is 0 Å². The zero-order valence-electron chi connectivity index (χ0n) is 17.1. The molecule has 1 saturated heterocycles. The molecular formula is C23H26FN3O3. The highest BCUT2D eigenvalue weighted by molar-refractivity contribution is 6.03. The van der Waals surface area contributed by atoms with Crippen molar-refractivity contribution in [2.24, 2.45) is 5.10 Å². The van der Waals surface area contributed by atoms with Gasteiger partial charge in [-0.1, -0.05) is 24.3 Å². The summed E-state index contributed by atoms with van der Waals surface area (Å²) in [5, 5.41) is 6.25. The van der Waals surface area contributed by atoms with E-state index in [0.717, 1.165) is 35.7 Å². The number of morpholine rings is 1. The molecule has 0 aromatic heterocycles. The molecule has 0 saturated carbocycles. The van der Waals surface area contributed by atoms with E-state index in [1.165, 1.54) is 12.1 Å². The summed E-state index contributed by atoms with van der Waals surface area (Å²) in [6.45, 7) is 5.60. The molecule has 158 valence electrons. The van der Waals surface area contributed by atoms with Gasteiger partial charge in [-0.15, -0.1) is 0 Å². The monoisotopic (exact) mass is 411 g/mol. The van der Waals surface area contributed by atoms with Gasteiger partial charge in [0.15, 0.2) is 0 Å². The van der Waals surface area contributed by atoms with E-state index in [2.05, 4.69) is 10.0 Å². The highest BCUT2D eigenvalue weighted by Gasteiger charge is 2.34. The second-order valence-corrected chi connectivity index (χ2v) is 7.40. The van der Waals surface area contributed by atoms with E-state index in [0.29, 0.717) is 32.8 Å². The van der Waals surface area contributed by atoms with Gasteiger partial charge in [0.25, 0.3) is 5.91 Å². The minimum Gasteiger partial charge on any atom is -0.494 e. The van der Waals surface area contributed by atoms with Crippen molar-refractivity contribution in [2.45, 2.75) is 19.4 Å². The number of benzene rings is 2. The standard InChI is InChI=1S/C23H26FN3O3/c1-2-30-20-9-5-18(6-10-20)22-15-21(17-3-7-19(24)8-4-17)25-27(22)23(28)16-26-11-13-29-14-12-26/h3-10,22H,2,11-16H2,1H3.